The summed E-state index contributed by atoms with van der Waals surface area (Å²) >= 11 is 5.06. The fourth-order valence-corrected chi connectivity index (χ4v) is 3.63. The van der Waals surface area contributed by atoms with Crippen LogP contribution < -0.4 is 5.32 Å². The van der Waals surface area contributed by atoms with Crippen molar-refractivity contribution in [2.75, 3.05) is 11.9 Å². The molecule has 104 valence electrons. The zero-order valence-corrected chi connectivity index (χ0v) is 13.4. The number of carbonyl (C=O) groups excluding carboxylic acids is 1. The Kier molecular flexibility index (Phi) is 4.17. The number of benzene rings is 1. The molecule has 20 heavy (non-hydrogen) atoms. The molecule has 0 saturated heterocycles. The number of thiazole rings is 1. The maximum atomic E-state index is 12.1. The summed E-state index contributed by atoms with van der Waals surface area (Å²) in [5.74, 6) is 0.0886. The Balaban J connectivity index is 1.63. The van der Waals surface area contributed by atoms with Gasteiger partial charge in [-0.1, -0.05) is 28.1 Å². The molecular formula is C15H15BrN2OS. The standard InChI is InChI=1S/C15H15BrN2OS/c16-11-7-5-10(6-8-11)13(19)9-17-15-18-12-3-1-2-4-14(12)20-15/h5-8H,1-4,9H2,(H,17,18). The van der Waals surface area contributed by atoms with Crippen molar-refractivity contribution < 1.29 is 4.79 Å². The number of aryl methyl sites for hydroxylation is 2. The lowest BCUT2D eigenvalue weighted by Crippen LogP contribution is -2.13. The monoisotopic (exact) mass is 350 g/mol. The molecule has 1 aliphatic carbocycles. The number of nitrogens with zero attached hydrogens (tertiary/aromatic N) is 1. The molecule has 2 aromatic rings. The third kappa shape index (κ3) is 3.10. The molecule has 3 rings (SSSR count). The number of Topliss-reactive ketones (excluding diaryl/α,β-unsaturated/α-hetero) is 1. The van der Waals surface area contributed by atoms with Gasteiger partial charge in [-0.3, -0.25) is 4.79 Å². The third-order valence-corrected chi connectivity index (χ3v) is 5.06. The summed E-state index contributed by atoms with van der Waals surface area (Å²) in [6, 6.07) is 7.44. The SMILES string of the molecule is O=C(CNc1nc2c(s1)CCCC2)c1ccc(Br)cc1. The number of hydrogen-bond acceptors (Lipinski definition) is 4. The molecule has 1 aromatic carbocycles. The fraction of sp³-hybridized carbons (Fsp3) is 0.333. The summed E-state index contributed by atoms with van der Waals surface area (Å²) in [5.41, 5.74) is 1.95. The maximum Gasteiger partial charge on any atom is 0.183 e. The van der Waals surface area contributed by atoms with Gasteiger partial charge in [0.1, 0.15) is 0 Å². The minimum atomic E-state index is 0.0886. The predicted octanol–water partition coefficient (Wildman–Crippen LogP) is 4.08. The van der Waals surface area contributed by atoms with Crippen LogP contribution in [0.1, 0.15) is 33.8 Å². The first-order chi connectivity index (χ1) is 9.72. The van der Waals surface area contributed by atoms with Crippen LogP contribution in [0.4, 0.5) is 5.13 Å². The topological polar surface area (TPSA) is 42.0 Å². The second-order valence-corrected chi connectivity index (χ2v) is 6.88. The van der Waals surface area contributed by atoms with E-state index in [9.17, 15) is 4.79 Å². The Bertz CT molecular complexity index is 598. The number of nitrogens with one attached hydrogen (secondary N) is 1. The van der Waals surface area contributed by atoms with Crippen LogP contribution in [0.3, 0.4) is 0 Å². The molecule has 0 radical (unpaired) electrons. The number of anilines is 1. The Morgan fingerprint density at radius 1 is 1.25 bits per heavy atom. The van der Waals surface area contributed by atoms with Gasteiger partial charge >= 0.3 is 0 Å². The molecule has 0 unspecified atom stereocenters. The third-order valence-electron chi connectivity index (χ3n) is 3.41. The number of halogens is 1. The van der Waals surface area contributed by atoms with E-state index in [-0.39, 0.29) is 5.78 Å². The fourth-order valence-electron chi connectivity index (χ4n) is 2.32. The van der Waals surface area contributed by atoms with E-state index in [0.29, 0.717) is 6.54 Å². The molecule has 3 nitrogen and oxygen atoms in total. The van der Waals surface area contributed by atoms with E-state index in [1.807, 2.05) is 24.3 Å². The van der Waals surface area contributed by atoms with E-state index >= 15 is 0 Å². The van der Waals surface area contributed by atoms with Crippen LogP contribution in [-0.2, 0) is 12.8 Å². The number of rotatable bonds is 4. The quantitative estimate of drug-likeness (QED) is 0.844. The minimum Gasteiger partial charge on any atom is -0.354 e. The number of hydrogen-bond donors (Lipinski definition) is 1. The van der Waals surface area contributed by atoms with Gasteiger partial charge in [-0.2, -0.15) is 0 Å². The second-order valence-electron chi connectivity index (χ2n) is 4.88. The summed E-state index contributed by atoms with van der Waals surface area (Å²) in [6.45, 7) is 0.300. The molecular weight excluding hydrogens is 336 g/mol. The highest BCUT2D eigenvalue weighted by atomic mass is 79.9. The lowest BCUT2D eigenvalue weighted by atomic mass is 10.0. The second kappa shape index (κ2) is 6.06. The van der Waals surface area contributed by atoms with Crippen LogP contribution in [0.5, 0.6) is 0 Å². The first-order valence-electron chi connectivity index (χ1n) is 6.73. The molecule has 1 aliphatic rings. The summed E-state index contributed by atoms with van der Waals surface area (Å²) < 4.78 is 0.981. The molecule has 0 fully saturated rings. The molecule has 0 spiro atoms. The molecule has 0 atom stereocenters. The lowest BCUT2D eigenvalue weighted by Gasteiger charge is -2.06. The number of ketones is 1. The Labute approximate surface area is 130 Å². The minimum absolute atomic E-state index is 0.0886. The zero-order valence-electron chi connectivity index (χ0n) is 11.0. The maximum absolute atomic E-state index is 12.1. The summed E-state index contributed by atoms with van der Waals surface area (Å²) in [5, 5.41) is 4.04. The van der Waals surface area contributed by atoms with Crippen molar-refractivity contribution >= 4 is 38.2 Å². The molecule has 1 aromatic heterocycles. The van der Waals surface area contributed by atoms with Crippen LogP contribution in [0.25, 0.3) is 0 Å². The van der Waals surface area contributed by atoms with Crippen molar-refractivity contribution in [2.45, 2.75) is 25.7 Å². The van der Waals surface area contributed by atoms with Gasteiger partial charge in [0, 0.05) is 14.9 Å². The average Bonchev–Trinajstić information content (AvgIpc) is 2.88. The van der Waals surface area contributed by atoms with E-state index in [1.54, 1.807) is 11.3 Å². The van der Waals surface area contributed by atoms with Crippen molar-refractivity contribution in [3.05, 3.63) is 44.9 Å². The van der Waals surface area contributed by atoms with Gasteiger partial charge in [0.25, 0.3) is 0 Å². The smallest absolute Gasteiger partial charge is 0.183 e. The van der Waals surface area contributed by atoms with Crippen molar-refractivity contribution in [1.29, 1.82) is 0 Å². The number of carbonyl (C=O) groups is 1. The predicted molar refractivity (Wildman–Crippen MR) is 85.7 cm³/mol. The Hall–Kier alpha value is -1.20. The van der Waals surface area contributed by atoms with Crippen LogP contribution in [0, 0.1) is 0 Å². The van der Waals surface area contributed by atoms with Crippen molar-refractivity contribution in [3.63, 3.8) is 0 Å². The Morgan fingerprint density at radius 2 is 2.00 bits per heavy atom. The van der Waals surface area contributed by atoms with Gasteiger partial charge in [0.15, 0.2) is 10.9 Å². The van der Waals surface area contributed by atoms with Crippen molar-refractivity contribution in [3.8, 4) is 0 Å². The van der Waals surface area contributed by atoms with E-state index < -0.39 is 0 Å². The van der Waals surface area contributed by atoms with E-state index in [2.05, 4.69) is 26.2 Å². The molecule has 1 heterocycles. The van der Waals surface area contributed by atoms with E-state index in [4.69, 9.17) is 0 Å². The number of aromatic nitrogens is 1. The molecule has 0 amide bonds. The van der Waals surface area contributed by atoms with E-state index in [0.717, 1.165) is 28.0 Å². The first kappa shape index (κ1) is 13.8. The molecule has 1 N–H and O–H groups in total. The zero-order chi connectivity index (χ0) is 13.9. The van der Waals surface area contributed by atoms with Gasteiger partial charge in [-0.05, 0) is 37.8 Å². The lowest BCUT2D eigenvalue weighted by molar-refractivity contribution is 0.101. The number of fused-ring (bicyclic) bond motifs is 1. The molecule has 5 heteroatoms. The van der Waals surface area contributed by atoms with Gasteiger partial charge in [0.05, 0.1) is 12.2 Å². The van der Waals surface area contributed by atoms with E-state index in [1.165, 1.54) is 23.4 Å². The van der Waals surface area contributed by atoms with Gasteiger partial charge in [-0.15, -0.1) is 11.3 Å². The Morgan fingerprint density at radius 3 is 2.75 bits per heavy atom. The van der Waals surface area contributed by atoms with Crippen LogP contribution in [-0.4, -0.2) is 17.3 Å². The average molecular weight is 351 g/mol. The summed E-state index contributed by atoms with van der Waals surface area (Å²) in [7, 11) is 0. The first-order valence-corrected chi connectivity index (χ1v) is 8.34. The highest BCUT2D eigenvalue weighted by Crippen LogP contribution is 2.29. The normalized spacial score (nSPS) is 13.8. The summed E-state index contributed by atoms with van der Waals surface area (Å²) in [4.78, 5) is 18.0. The molecule has 0 bridgehead atoms. The van der Waals surface area contributed by atoms with Gasteiger partial charge < -0.3 is 5.32 Å². The van der Waals surface area contributed by atoms with Crippen LogP contribution >= 0.6 is 27.3 Å². The molecule has 0 aliphatic heterocycles. The van der Waals surface area contributed by atoms with Crippen molar-refractivity contribution in [1.82, 2.24) is 4.98 Å². The van der Waals surface area contributed by atoms with Gasteiger partial charge in [-0.25, -0.2) is 4.98 Å². The largest absolute Gasteiger partial charge is 0.354 e. The van der Waals surface area contributed by atoms with Crippen molar-refractivity contribution in [2.24, 2.45) is 0 Å². The van der Waals surface area contributed by atoms with Crippen LogP contribution in [0.2, 0.25) is 0 Å². The highest BCUT2D eigenvalue weighted by molar-refractivity contribution is 9.10. The highest BCUT2D eigenvalue weighted by Gasteiger charge is 2.15. The summed E-state index contributed by atoms with van der Waals surface area (Å²) in [6.07, 6.45) is 4.70. The molecule has 0 saturated carbocycles. The van der Waals surface area contributed by atoms with Crippen LogP contribution in [0.15, 0.2) is 28.7 Å². The van der Waals surface area contributed by atoms with Gasteiger partial charge in [0.2, 0.25) is 0 Å².